The van der Waals surface area contributed by atoms with Crippen molar-refractivity contribution in [1.29, 1.82) is 0 Å². The normalized spacial score (nSPS) is 20.6. The molecule has 9 nitrogen and oxygen atoms in total. The van der Waals surface area contributed by atoms with Crippen molar-refractivity contribution < 1.29 is 22.8 Å². The third-order valence-corrected chi connectivity index (χ3v) is 8.66. The Hall–Kier alpha value is -3.76. The highest BCUT2D eigenvalue weighted by atomic mass is 32.2. The van der Waals surface area contributed by atoms with E-state index < -0.39 is 40.0 Å². The van der Waals surface area contributed by atoms with Crippen LogP contribution in [0.4, 0.5) is 10.5 Å². The Balaban J connectivity index is 1.29. The number of hydrogen-bond acceptors (Lipinski definition) is 5. The van der Waals surface area contributed by atoms with E-state index in [4.69, 9.17) is 0 Å². The van der Waals surface area contributed by atoms with Crippen LogP contribution in [0.3, 0.4) is 0 Å². The van der Waals surface area contributed by atoms with E-state index in [0.29, 0.717) is 24.3 Å². The average Bonchev–Trinajstić information content (AvgIpc) is 3.49. The van der Waals surface area contributed by atoms with Crippen molar-refractivity contribution in [3.8, 4) is 0 Å². The number of carbonyl (C=O) groups is 3. The minimum Gasteiger partial charge on any atom is -0.325 e. The maximum absolute atomic E-state index is 13.3. The zero-order valence-electron chi connectivity index (χ0n) is 19.7. The van der Waals surface area contributed by atoms with Gasteiger partial charge in [-0.3, -0.25) is 14.5 Å². The molecule has 2 heterocycles. The Morgan fingerprint density at radius 2 is 1.64 bits per heavy atom. The van der Waals surface area contributed by atoms with Gasteiger partial charge in [0.1, 0.15) is 12.1 Å². The van der Waals surface area contributed by atoms with E-state index in [1.54, 1.807) is 13.0 Å². The quantitative estimate of drug-likeness (QED) is 0.499. The van der Waals surface area contributed by atoms with Crippen LogP contribution in [0, 0.1) is 0 Å². The van der Waals surface area contributed by atoms with Crippen molar-refractivity contribution in [2.24, 2.45) is 0 Å². The fourth-order valence-electron chi connectivity index (χ4n) is 4.82. The molecular weight excluding hydrogens is 480 g/mol. The van der Waals surface area contributed by atoms with Gasteiger partial charge in [-0.15, -0.1) is 0 Å². The second-order valence-corrected chi connectivity index (χ2v) is 11.1. The van der Waals surface area contributed by atoms with Crippen LogP contribution in [0.5, 0.6) is 0 Å². The number of carbonyl (C=O) groups excluding carboxylic acids is 3. The number of hydrogen-bond donors (Lipinski definition) is 2. The minimum absolute atomic E-state index is 0.155. The average molecular weight is 507 g/mol. The molecule has 4 amide bonds. The number of imide groups is 1. The molecule has 2 saturated heterocycles. The van der Waals surface area contributed by atoms with E-state index in [1.165, 1.54) is 28.6 Å². The first-order chi connectivity index (χ1) is 17.2. The van der Waals surface area contributed by atoms with Crippen LogP contribution in [0.1, 0.15) is 25.3 Å². The summed E-state index contributed by atoms with van der Waals surface area (Å²) in [5, 5.41) is 7.15. The fraction of sp³-hybridized carbons (Fsp3) is 0.269. The van der Waals surface area contributed by atoms with Crippen molar-refractivity contribution >= 4 is 44.3 Å². The second kappa shape index (κ2) is 9.03. The third kappa shape index (κ3) is 4.12. The molecule has 2 aliphatic heterocycles. The molecule has 3 aromatic rings. The van der Waals surface area contributed by atoms with Gasteiger partial charge in [0, 0.05) is 18.8 Å². The first kappa shape index (κ1) is 24.0. The van der Waals surface area contributed by atoms with Gasteiger partial charge in [-0.2, -0.15) is 4.31 Å². The summed E-state index contributed by atoms with van der Waals surface area (Å²) >= 11 is 0. The van der Waals surface area contributed by atoms with Crippen molar-refractivity contribution in [2.45, 2.75) is 30.2 Å². The third-order valence-electron chi connectivity index (χ3n) is 6.75. The number of urea groups is 1. The van der Waals surface area contributed by atoms with Crippen molar-refractivity contribution in [3.05, 3.63) is 72.3 Å². The van der Waals surface area contributed by atoms with Gasteiger partial charge in [0.15, 0.2) is 0 Å². The number of benzene rings is 3. The summed E-state index contributed by atoms with van der Waals surface area (Å²) in [5.74, 6) is -1.10. The molecule has 2 N–H and O–H groups in total. The molecule has 0 spiro atoms. The van der Waals surface area contributed by atoms with Gasteiger partial charge in [-0.1, -0.05) is 42.5 Å². The first-order valence-corrected chi connectivity index (χ1v) is 13.2. The topological polar surface area (TPSA) is 116 Å². The molecule has 1 atom stereocenters. The molecular formula is C26H26N4O5S. The van der Waals surface area contributed by atoms with Crippen LogP contribution in [-0.4, -0.2) is 55.1 Å². The number of sulfonamides is 1. The molecule has 10 heteroatoms. The molecule has 2 aliphatic rings. The van der Waals surface area contributed by atoms with Crippen molar-refractivity contribution in [3.63, 3.8) is 0 Å². The summed E-state index contributed by atoms with van der Waals surface area (Å²) in [7, 11) is -3.56. The number of anilines is 1. The highest BCUT2D eigenvalue weighted by Gasteiger charge is 2.50. The van der Waals surface area contributed by atoms with E-state index in [2.05, 4.69) is 10.6 Å². The molecule has 186 valence electrons. The fourth-order valence-corrected chi connectivity index (χ4v) is 6.33. The summed E-state index contributed by atoms with van der Waals surface area (Å²) in [5.41, 5.74) is -0.301. The number of nitrogens with zero attached hydrogens (tertiary/aromatic N) is 2. The molecule has 36 heavy (non-hydrogen) atoms. The zero-order valence-corrected chi connectivity index (χ0v) is 20.5. The summed E-state index contributed by atoms with van der Waals surface area (Å²) in [4.78, 5) is 39.8. The van der Waals surface area contributed by atoms with Gasteiger partial charge in [0.05, 0.1) is 4.90 Å². The lowest BCUT2D eigenvalue weighted by atomic mass is 9.88. The van der Waals surface area contributed by atoms with E-state index in [0.717, 1.165) is 28.5 Å². The van der Waals surface area contributed by atoms with E-state index >= 15 is 0 Å². The zero-order chi connectivity index (χ0) is 25.5. The predicted molar refractivity (Wildman–Crippen MR) is 135 cm³/mol. The summed E-state index contributed by atoms with van der Waals surface area (Å²) in [6.45, 7) is 2.17. The van der Waals surface area contributed by atoms with Crippen LogP contribution in [-0.2, 0) is 25.2 Å². The maximum atomic E-state index is 13.3. The Kier molecular flexibility index (Phi) is 6.01. The Bertz CT molecular complexity index is 1460. The van der Waals surface area contributed by atoms with E-state index in [9.17, 15) is 22.8 Å². The number of nitrogens with one attached hydrogen (secondary N) is 2. The molecule has 0 bridgehead atoms. The summed E-state index contributed by atoms with van der Waals surface area (Å²) in [6.07, 6.45) is 1.69. The highest BCUT2D eigenvalue weighted by molar-refractivity contribution is 7.89. The van der Waals surface area contributed by atoms with Gasteiger partial charge in [0.25, 0.3) is 5.91 Å². The largest absolute Gasteiger partial charge is 0.325 e. The predicted octanol–water partition coefficient (Wildman–Crippen LogP) is 3.03. The van der Waals surface area contributed by atoms with Crippen molar-refractivity contribution in [1.82, 2.24) is 14.5 Å². The maximum Gasteiger partial charge on any atom is 0.325 e. The monoisotopic (exact) mass is 506 g/mol. The summed E-state index contributed by atoms with van der Waals surface area (Å²) < 4.78 is 26.8. The van der Waals surface area contributed by atoms with Gasteiger partial charge in [-0.05, 0) is 60.4 Å². The minimum atomic E-state index is -3.56. The van der Waals surface area contributed by atoms with Crippen LogP contribution in [0.2, 0.25) is 0 Å². The number of amides is 4. The number of rotatable bonds is 6. The van der Waals surface area contributed by atoms with Gasteiger partial charge in [-0.25, -0.2) is 13.2 Å². The molecule has 2 fully saturated rings. The lowest BCUT2D eigenvalue weighted by Crippen LogP contribution is -2.42. The Morgan fingerprint density at radius 1 is 0.972 bits per heavy atom. The van der Waals surface area contributed by atoms with Gasteiger partial charge >= 0.3 is 6.03 Å². The lowest BCUT2D eigenvalue weighted by molar-refractivity contribution is -0.133. The number of fused-ring (bicyclic) bond motifs is 1. The second-order valence-electron chi connectivity index (χ2n) is 9.16. The molecule has 5 rings (SSSR count). The Labute approximate surface area is 209 Å². The first-order valence-electron chi connectivity index (χ1n) is 11.7. The molecule has 0 saturated carbocycles. The van der Waals surface area contributed by atoms with Crippen LogP contribution >= 0.6 is 0 Å². The highest BCUT2D eigenvalue weighted by Crippen LogP contribution is 2.33. The molecule has 3 aromatic carbocycles. The smallest absolute Gasteiger partial charge is 0.325 e. The molecule has 0 aliphatic carbocycles. The van der Waals surface area contributed by atoms with Crippen LogP contribution in [0.25, 0.3) is 10.8 Å². The van der Waals surface area contributed by atoms with Gasteiger partial charge in [0.2, 0.25) is 15.9 Å². The van der Waals surface area contributed by atoms with E-state index in [-0.39, 0.29) is 4.90 Å². The molecule has 0 aromatic heterocycles. The summed E-state index contributed by atoms with van der Waals surface area (Å²) in [6, 6.07) is 18.3. The van der Waals surface area contributed by atoms with Crippen LogP contribution in [0.15, 0.2) is 71.6 Å². The molecule has 0 radical (unpaired) electrons. The SMILES string of the molecule is C[C@@]1(c2cccc3ccccc23)NC(=O)N(CC(=O)Nc2ccc(S(=O)(=O)N3CCCC3)cc2)C1=O. The van der Waals surface area contributed by atoms with Crippen LogP contribution < -0.4 is 10.6 Å². The standard InChI is InChI=1S/C26H26N4O5S/c1-26(22-10-6-8-18-7-2-3-9-21(18)22)24(32)30(25(33)28-26)17-23(31)27-19-11-13-20(14-12-19)36(34,35)29-15-4-5-16-29/h2-3,6-14H,4-5,15-17H2,1H3,(H,27,31)(H,28,33)/t26-/m0/s1. The van der Waals surface area contributed by atoms with E-state index in [1.807, 2.05) is 36.4 Å². The van der Waals surface area contributed by atoms with Crippen molar-refractivity contribution in [2.75, 3.05) is 25.0 Å². The van der Waals surface area contributed by atoms with Gasteiger partial charge < -0.3 is 10.6 Å². The molecule has 0 unspecified atom stereocenters. The Morgan fingerprint density at radius 3 is 2.36 bits per heavy atom. The lowest BCUT2D eigenvalue weighted by Gasteiger charge is -2.24.